The molecule has 0 bridgehead atoms. The fourth-order valence-corrected chi connectivity index (χ4v) is 3.17. The first-order valence-electron chi connectivity index (χ1n) is 10.1. The molecule has 0 atom stereocenters. The number of nitrogens with one attached hydrogen (secondary N) is 1. The van der Waals surface area contributed by atoms with Crippen LogP contribution in [0.5, 0.6) is 0 Å². The van der Waals surface area contributed by atoms with Crippen molar-refractivity contribution in [3.8, 4) is 0 Å². The molecule has 0 saturated carbocycles. The first-order chi connectivity index (χ1) is 15.3. The van der Waals surface area contributed by atoms with Crippen LogP contribution in [0.15, 0.2) is 27.8 Å². The van der Waals surface area contributed by atoms with Gasteiger partial charge in [0.1, 0.15) is 0 Å². The van der Waals surface area contributed by atoms with Crippen LogP contribution in [0.2, 0.25) is 0 Å². The SMILES string of the molecule is CCN(CC)CCNC(=O)c1nnc2c(n1)c(=O)n(C)c(=O)n2Cc1ccc(F)c(F)c1. The Bertz CT molecular complexity index is 1270. The number of aromatic nitrogens is 5. The van der Waals surface area contributed by atoms with Gasteiger partial charge in [-0.05, 0) is 30.8 Å². The second-order valence-electron chi connectivity index (χ2n) is 7.07. The second kappa shape index (κ2) is 9.73. The Morgan fingerprint density at radius 2 is 1.84 bits per heavy atom. The average Bonchev–Trinajstić information content (AvgIpc) is 2.80. The summed E-state index contributed by atoms with van der Waals surface area (Å²) in [7, 11) is 1.25. The smallest absolute Gasteiger partial charge is 0.332 e. The lowest BCUT2D eigenvalue weighted by atomic mass is 10.2. The molecule has 0 aliphatic carbocycles. The highest BCUT2D eigenvalue weighted by atomic mass is 19.2. The molecule has 1 amide bonds. The number of benzene rings is 1. The van der Waals surface area contributed by atoms with Crippen LogP contribution >= 0.6 is 0 Å². The predicted octanol–water partition coefficient (Wildman–Crippen LogP) is 0.283. The van der Waals surface area contributed by atoms with Crippen molar-refractivity contribution < 1.29 is 13.6 Å². The summed E-state index contributed by atoms with van der Waals surface area (Å²) in [4.78, 5) is 43.7. The monoisotopic (exact) mass is 447 g/mol. The van der Waals surface area contributed by atoms with Crippen LogP contribution in [0.1, 0.15) is 30.0 Å². The third-order valence-corrected chi connectivity index (χ3v) is 5.09. The van der Waals surface area contributed by atoms with Crippen molar-refractivity contribution in [2.45, 2.75) is 20.4 Å². The first-order valence-corrected chi connectivity index (χ1v) is 10.1. The quantitative estimate of drug-likeness (QED) is 0.528. The van der Waals surface area contributed by atoms with Gasteiger partial charge in [-0.2, -0.15) is 0 Å². The molecule has 3 aromatic rings. The summed E-state index contributed by atoms with van der Waals surface area (Å²) in [5.41, 5.74) is -1.62. The lowest BCUT2D eigenvalue weighted by Crippen LogP contribution is -2.40. The van der Waals surface area contributed by atoms with Crippen molar-refractivity contribution in [2.75, 3.05) is 26.2 Å². The molecule has 2 aromatic heterocycles. The van der Waals surface area contributed by atoms with Gasteiger partial charge >= 0.3 is 5.69 Å². The molecule has 0 saturated heterocycles. The molecule has 0 spiro atoms. The van der Waals surface area contributed by atoms with E-state index in [1.54, 1.807) is 0 Å². The van der Waals surface area contributed by atoms with Crippen molar-refractivity contribution >= 4 is 17.1 Å². The minimum absolute atomic E-state index is 0.164. The van der Waals surface area contributed by atoms with E-state index in [0.717, 1.165) is 34.4 Å². The lowest BCUT2D eigenvalue weighted by molar-refractivity contribution is 0.0937. The van der Waals surface area contributed by atoms with Gasteiger partial charge in [0.15, 0.2) is 22.8 Å². The number of fused-ring (bicyclic) bond motifs is 1. The Kier molecular flexibility index (Phi) is 7.03. The van der Waals surface area contributed by atoms with Crippen molar-refractivity contribution in [1.82, 2.24) is 34.5 Å². The molecule has 0 unspecified atom stereocenters. The molecule has 0 radical (unpaired) electrons. The second-order valence-corrected chi connectivity index (χ2v) is 7.07. The zero-order chi connectivity index (χ0) is 23.4. The molecule has 32 heavy (non-hydrogen) atoms. The summed E-state index contributed by atoms with van der Waals surface area (Å²) in [6.45, 7) is 6.49. The van der Waals surface area contributed by atoms with E-state index in [1.165, 1.54) is 13.1 Å². The predicted molar refractivity (Wildman–Crippen MR) is 112 cm³/mol. The van der Waals surface area contributed by atoms with Gasteiger partial charge < -0.3 is 10.2 Å². The number of rotatable bonds is 8. The Hall–Kier alpha value is -3.54. The summed E-state index contributed by atoms with van der Waals surface area (Å²) in [6.07, 6.45) is 0. The van der Waals surface area contributed by atoms with E-state index in [0.29, 0.717) is 13.1 Å². The third kappa shape index (κ3) is 4.69. The zero-order valence-electron chi connectivity index (χ0n) is 17.9. The minimum Gasteiger partial charge on any atom is -0.348 e. The summed E-state index contributed by atoms with van der Waals surface area (Å²) in [5, 5.41) is 10.3. The fraction of sp³-hybridized carbons (Fsp3) is 0.400. The molecule has 2 heterocycles. The number of halogens is 2. The van der Waals surface area contributed by atoms with Gasteiger partial charge in [-0.15, -0.1) is 10.2 Å². The molecule has 1 aromatic carbocycles. The lowest BCUT2D eigenvalue weighted by Gasteiger charge is -2.17. The van der Waals surface area contributed by atoms with Crippen LogP contribution in [0, 0.1) is 11.6 Å². The summed E-state index contributed by atoms with van der Waals surface area (Å²) in [5.74, 6) is -3.01. The van der Waals surface area contributed by atoms with Gasteiger partial charge in [0, 0.05) is 20.1 Å². The van der Waals surface area contributed by atoms with Crippen LogP contribution in [-0.4, -0.2) is 61.3 Å². The number of carbonyl (C=O) groups excluding carboxylic acids is 1. The van der Waals surface area contributed by atoms with E-state index in [2.05, 4.69) is 25.4 Å². The van der Waals surface area contributed by atoms with Crippen molar-refractivity contribution in [3.05, 3.63) is 62.1 Å². The molecule has 0 aliphatic heterocycles. The van der Waals surface area contributed by atoms with Gasteiger partial charge in [-0.25, -0.2) is 18.6 Å². The van der Waals surface area contributed by atoms with E-state index in [1.807, 2.05) is 13.8 Å². The molecule has 0 fully saturated rings. The molecule has 1 N–H and O–H groups in total. The Morgan fingerprint density at radius 1 is 1.12 bits per heavy atom. The molecular weight excluding hydrogens is 424 g/mol. The highest BCUT2D eigenvalue weighted by molar-refractivity contribution is 5.91. The van der Waals surface area contributed by atoms with Gasteiger partial charge in [0.05, 0.1) is 6.54 Å². The Labute approximate surface area is 181 Å². The summed E-state index contributed by atoms with van der Waals surface area (Å²) in [6, 6.07) is 3.18. The first kappa shape index (κ1) is 23.1. The number of likely N-dealkylation sites (N-methyl/N-ethyl adjacent to an activating group) is 1. The van der Waals surface area contributed by atoms with Gasteiger partial charge in [0.25, 0.3) is 11.5 Å². The number of amides is 1. The maximum absolute atomic E-state index is 13.6. The third-order valence-electron chi connectivity index (χ3n) is 5.09. The average molecular weight is 447 g/mol. The normalized spacial score (nSPS) is 11.3. The minimum atomic E-state index is -1.07. The standard InChI is InChI=1S/C20H23F2N7O3/c1-4-28(5-2)9-8-23-18(30)16-24-15-17(26-25-16)29(20(32)27(3)19(15)31)11-12-6-7-13(21)14(22)10-12/h6-7,10H,4-5,8-9,11H2,1-3H3,(H,23,30). The number of nitrogens with zero attached hydrogens (tertiary/aromatic N) is 6. The van der Waals surface area contributed by atoms with E-state index >= 15 is 0 Å². The van der Waals surface area contributed by atoms with Crippen LogP contribution in [0.25, 0.3) is 11.2 Å². The van der Waals surface area contributed by atoms with Gasteiger partial charge in [-0.3, -0.25) is 18.7 Å². The van der Waals surface area contributed by atoms with Crippen molar-refractivity contribution in [1.29, 1.82) is 0 Å². The van der Waals surface area contributed by atoms with E-state index in [9.17, 15) is 23.2 Å². The van der Waals surface area contributed by atoms with Crippen LogP contribution < -0.4 is 16.6 Å². The molecule has 170 valence electrons. The highest BCUT2D eigenvalue weighted by Gasteiger charge is 2.18. The largest absolute Gasteiger partial charge is 0.348 e. The Morgan fingerprint density at radius 3 is 2.50 bits per heavy atom. The summed E-state index contributed by atoms with van der Waals surface area (Å²) < 4.78 is 28.7. The summed E-state index contributed by atoms with van der Waals surface area (Å²) >= 11 is 0. The van der Waals surface area contributed by atoms with Crippen LogP contribution in [0.3, 0.4) is 0 Å². The van der Waals surface area contributed by atoms with Crippen molar-refractivity contribution in [3.63, 3.8) is 0 Å². The fourth-order valence-electron chi connectivity index (χ4n) is 3.17. The van der Waals surface area contributed by atoms with Crippen LogP contribution in [0.4, 0.5) is 8.78 Å². The number of hydrogen-bond acceptors (Lipinski definition) is 7. The topological polar surface area (TPSA) is 115 Å². The van der Waals surface area contributed by atoms with Crippen molar-refractivity contribution in [2.24, 2.45) is 7.05 Å². The molecule has 3 rings (SSSR count). The molecule has 10 nitrogen and oxygen atoms in total. The highest BCUT2D eigenvalue weighted by Crippen LogP contribution is 2.11. The molecule has 0 aliphatic rings. The van der Waals surface area contributed by atoms with Crippen LogP contribution in [-0.2, 0) is 13.6 Å². The number of hydrogen-bond donors (Lipinski definition) is 1. The van der Waals surface area contributed by atoms with Gasteiger partial charge in [0.2, 0.25) is 5.82 Å². The van der Waals surface area contributed by atoms with E-state index in [4.69, 9.17) is 0 Å². The molecule has 12 heteroatoms. The van der Waals surface area contributed by atoms with E-state index < -0.39 is 28.8 Å². The number of carbonyl (C=O) groups is 1. The van der Waals surface area contributed by atoms with Gasteiger partial charge in [-0.1, -0.05) is 19.9 Å². The maximum atomic E-state index is 13.6. The Balaban J connectivity index is 1.95. The van der Waals surface area contributed by atoms with E-state index in [-0.39, 0.29) is 29.1 Å². The maximum Gasteiger partial charge on any atom is 0.332 e. The zero-order valence-corrected chi connectivity index (χ0v) is 17.9. The molecular formula is C20H23F2N7O3.